The van der Waals surface area contributed by atoms with Crippen LogP contribution < -0.4 is 19.5 Å². The number of methoxy groups -OCH3 is 1. The summed E-state index contributed by atoms with van der Waals surface area (Å²) in [6.07, 6.45) is 1.79. The Balaban J connectivity index is 1.69. The van der Waals surface area contributed by atoms with E-state index in [0.717, 1.165) is 20.4 Å². The first kappa shape index (κ1) is 23.9. The van der Waals surface area contributed by atoms with E-state index in [4.69, 9.17) is 26.4 Å². The van der Waals surface area contributed by atoms with Crippen LogP contribution in [0.25, 0.3) is 6.08 Å². The summed E-state index contributed by atoms with van der Waals surface area (Å²) in [5.41, 5.74) is 3.19. The summed E-state index contributed by atoms with van der Waals surface area (Å²) < 4.78 is 18.9. The quantitative estimate of drug-likeness (QED) is 0.191. The fourth-order valence-electron chi connectivity index (χ4n) is 3.07. The van der Waals surface area contributed by atoms with Gasteiger partial charge < -0.3 is 19.5 Å². The number of carbonyl (C=O) groups excluding carboxylic acids is 1. The van der Waals surface area contributed by atoms with E-state index in [-0.39, 0.29) is 5.91 Å². The van der Waals surface area contributed by atoms with E-state index in [1.165, 1.54) is 17.3 Å². The molecule has 5 nitrogen and oxygen atoms in total. The molecule has 0 bridgehead atoms. The number of aryl methyl sites for hydroxylation is 1. The van der Waals surface area contributed by atoms with Gasteiger partial charge in [-0.15, -0.1) is 0 Å². The first-order chi connectivity index (χ1) is 14.8. The third-order valence-corrected chi connectivity index (χ3v) is 6.53. The number of hydrogen-bond donors (Lipinski definition) is 1. The molecule has 2 aromatic rings. The molecule has 0 aliphatic carbocycles. The van der Waals surface area contributed by atoms with Crippen LogP contribution in [0.2, 0.25) is 0 Å². The number of rotatable bonds is 8. The van der Waals surface area contributed by atoms with Crippen LogP contribution in [-0.4, -0.2) is 30.6 Å². The van der Waals surface area contributed by atoms with Crippen molar-refractivity contribution in [2.75, 3.05) is 20.3 Å². The average Bonchev–Trinajstić information content (AvgIpc) is 3.02. The minimum Gasteiger partial charge on any atom is -0.493 e. The van der Waals surface area contributed by atoms with Crippen molar-refractivity contribution in [3.8, 4) is 17.2 Å². The van der Waals surface area contributed by atoms with Crippen molar-refractivity contribution in [1.82, 2.24) is 5.32 Å². The Kier molecular flexibility index (Phi) is 8.23. The van der Waals surface area contributed by atoms with Crippen LogP contribution in [0.15, 0.2) is 35.2 Å². The zero-order valence-electron chi connectivity index (χ0n) is 17.8. The number of carbonyl (C=O) groups is 1. The maximum absolute atomic E-state index is 11.9. The average molecular weight is 569 g/mol. The number of thiocarbonyl (C=S) groups is 1. The largest absolute Gasteiger partial charge is 0.493 e. The van der Waals surface area contributed by atoms with Crippen LogP contribution in [0, 0.1) is 10.5 Å². The minimum absolute atomic E-state index is 0.182. The first-order valence-corrected chi connectivity index (χ1v) is 12.1. The molecule has 1 aliphatic heterocycles. The second kappa shape index (κ2) is 10.7. The van der Waals surface area contributed by atoms with Crippen molar-refractivity contribution in [3.63, 3.8) is 0 Å². The Morgan fingerprint density at radius 3 is 2.55 bits per heavy atom. The van der Waals surface area contributed by atoms with E-state index in [0.29, 0.717) is 39.9 Å². The smallest absolute Gasteiger partial charge is 0.263 e. The summed E-state index contributed by atoms with van der Waals surface area (Å²) in [6, 6.07) is 10.1. The molecular formula is C23H24INO4S2. The second-order valence-electron chi connectivity index (χ2n) is 7.28. The van der Waals surface area contributed by atoms with Crippen LogP contribution in [-0.2, 0) is 4.79 Å². The Morgan fingerprint density at radius 1 is 1.16 bits per heavy atom. The first-order valence-electron chi connectivity index (χ1n) is 9.77. The van der Waals surface area contributed by atoms with Gasteiger partial charge in [0.2, 0.25) is 0 Å². The predicted octanol–water partition coefficient (Wildman–Crippen LogP) is 5.68. The molecule has 8 heteroatoms. The fraction of sp³-hybridized carbons (Fsp3) is 0.304. The Bertz CT molecular complexity index is 1040. The van der Waals surface area contributed by atoms with Gasteiger partial charge in [-0.1, -0.05) is 50.0 Å². The van der Waals surface area contributed by atoms with E-state index in [9.17, 15) is 4.79 Å². The van der Waals surface area contributed by atoms with Crippen molar-refractivity contribution in [3.05, 3.63) is 55.5 Å². The number of ether oxygens (including phenoxy) is 3. The van der Waals surface area contributed by atoms with Crippen LogP contribution in [0.1, 0.15) is 36.5 Å². The highest BCUT2D eigenvalue weighted by Crippen LogP contribution is 2.36. The molecule has 0 spiro atoms. The van der Waals surface area contributed by atoms with Crippen LogP contribution in [0.3, 0.4) is 0 Å². The maximum Gasteiger partial charge on any atom is 0.263 e. The lowest BCUT2D eigenvalue weighted by Crippen LogP contribution is -2.17. The van der Waals surface area contributed by atoms with E-state index in [1.54, 1.807) is 13.2 Å². The Morgan fingerprint density at radius 2 is 1.90 bits per heavy atom. The van der Waals surface area contributed by atoms with E-state index >= 15 is 0 Å². The number of nitrogens with one attached hydrogen (secondary N) is 1. The third-order valence-electron chi connectivity index (χ3n) is 4.57. The molecule has 1 aliphatic rings. The molecule has 1 amide bonds. The summed E-state index contributed by atoms with van der Waals surface area (Å²) >= 11 is 8.50. The van der Waals surface area contributed by atoms with Crippen molar-refractivity contribution >= 4 is 62.9 Å². The van der Waals surface area contributed by atoms with Gasteiger partial charge >= 0.3 is 0 Å². The molecule has 0 unspecified atom stereocenters. The van der Waals surface area contributed by atoms with Crippen molar-refractivity contribution in [2.24, 2.45) is 0 Å². The molecule has 1 saturated heterocycles. The third kappa shape index (κ3) is 6.14. The zero-order valence-corrected chi connectivity index (χ0v) is 21.6. The Labute approximate surface area is 206 Å². The van der Waals surface area contributed by atoms with Gasteiger partial charge in [0.1, 0.15) is 23.3 Å². The highest BCUT2D eigenvalue weighted by Gasteiger charge is 2.22. The summed E-state index contributed by atoms with van der Waals surface area (Å²) in [7, 11) is 1.60. The lowest BCUT2D eigenvalue weighted by atomic mass is 10.0. The topological polar surface area (TPSA) is 56.8 Å². The molecule has 0 aromatic heterocycles. The van der Waals surface area contributed by atoms with Crippen LogP contribution in [0.5, 0.6) is 17.2 Å². The summed E-state index contributed by atoms with van der Waals surface area (Å²) in [5.74, 6) is 2.35. The molecule has 0 atom stereocenters. The number of benzene rings is 2. The molecule has 164 valence electrons. The maximum atomic E-state index is 11.9. The molecule has 1 N–H and O–H groups in total. The van der Waals surface area contributed by atoms with Crippen molar-refractivity contribution in [2.45, 2.75) is 26.7 Å². The van der Waals surface area contributed by atoms with Gasteiger partial charge in [-0.2, -0.15) is 0 Å². The fourth-order valence-corrected chi connectivity index (χ4v) is 4.90. The molecule has 1 fully saturated rings. The summed E-state index contributed by atoms with van der Waals surface area (Å²) in [5, 5.41) is 2.62. The summed E-state index contributed by atoms with van der Waals surface area (Å²) in [4.78, 5) is 12.5. The van der Waals surface area contributed by atoms with Gasteiger partial charge in [-0.25, -0.2) is 0 Å². The number of halogens is 1. The number of hydrogen-bond acceptors (Lipinski definition) is 6. The normalized spacial score (nSPS) is 14.8. The van der Waals surface area contributed by atoms with Crippen molar-refractivity contribution in [1.29, 1.82) is 0 Å². The molecule has 3 rings (SSSR count). The van der Waals surface area contributed by atoms with E-state index in [2.05, 4.69) is 66.9 Å². The second-order valence-corrected chi connectivity index (χ2v) is 10.2. The van der Waals surface area contributed by atoms with E-state index in [1.807, 2.05) is 12.1 Å². The van der Waals surface area contributed by atoms with E-state index < -0.39 is 0 Å². The lowest BCUT2D eigenvalue weighted by Gasteiger charge is -2.16. The highest BCUT2D eigenvalue weighted by molar-refractivity contribution is 14.1. The van der Waals surface area contributed by atoms with Gasteiger partial charge in [0.15, 0.2) is 11.5 Å². The molecular weight excluding hydrogens is 545 g/mol. The van der Waals surface area contributed by atoms with Crippen molar-refractivity contribution < 1.29 is 19.0 Å². The van der Waals surface area contributed by atoms with Gasteiger partial charge in [0.05, 0.1) is 15.6 Å². The van der Waals surface area contributed by atoms with Gasteiger partial charge in [-0.05, 0) is 76.4 Å². The Hall–Kier alpha value is -1.78. The zero-order chi connectivity index (χ0) is 22.5. The summed E-state index contributed by atoms with van der Waals surface area (Å²) in [6.45, 7) is 7.16. The minimum atomic E-state index is -0.182. The number of amides is 1. The van der Waals surface area contributed by atoms with Gasteiger partial charge in [0, 0.05) is 0 Å². The standard InChI is InChI=1S/C23H24INO4S2/c1-13(2)16-6-5-14(3)9-18(16)28-7-8-29-21-17(24)10-15(11-19(21)27-4)12-20-22(26)25-23(30)31-20/h5-6,9-13H,7-8H2,1-4H3,(H,25,26,30)/b20-12-. The molecule has 2 aromatic carbocycles. The lowest BCUT2D eigenvalue weighted by molar-refractivity contribution is -0.115. The SMILES string of the molecule is COc1cc(/C=C2\SC(=S)NC2=O)cc(I)c1OCCOc1cc(C)ccc1C(C)C. The van der Waals surface area contributed by atoms with Gasteiger partial charge in [-0.3, -0.25) is 4.79 Å². The molecule has 1 heterocycles. The van der Waals surface area contributed by atoms with Crippen LogP contribution in [0.4, 0.5) is 0 Å². The highest BCUT2D eigenvalue weighted by atomic mass is 127. The molecule has 31 heavy (non-hydrogen) atoms. The monoisotopic (exact) mass is 569 g/mol. The predicted molar refractivity (Wildman–Crippen MR) is 138 cm³/mol. The van der Waals surface area contributed by atoms with Crippen LogP contribution >= 0.6 is 46.6 Å². The molecule has 0 saturated carbocycles. The molecule has 0 radical (unpaired) electrons. The van der Waals surface area contributed by atoms with Gasteiger partial charge in [0.25, 0.3) is 5.91 Å². The number of thioether (sulfide) groups is 1.